The van der Waals surface area contributed by atoms with Crippen molar-refractivity contribution >= 4 is 83.7 Å². The molecule has 4 heterocycles. The maximum absolute atomic E-state index is 5.23. The first-order chi connectivity index (χ1) is 25.3. The van der Waals surface area contributed by atoms with Crippen molar-refractivity contribution in [1.29, 1.82) is 0 Å². The van der Waals surface area contributed by atoms with E-state index in [1.807, 2.05) is 6.07 Å². The van der Waals surface area contributed by atoms with E-state index in [1.54, 1.807) is 11.3 Å². The lowest BCUT2D eigenvalue weighted by Crippen LogP contribution is -1.97. The molecule has 4 aromatic heterocycles. The molecule has 7 aromatic carbocycles. The molecule has 0 aliphatic heterocycles. The second kappa shape index (κ2) is 11.8. The molecule has 0 bridgehead atoms. The second-order valence-corrected chi connectivity index (χ2v) is 14.0. The van der Waals surface area contributed by atoms with Crippen LogP contribution in [0.3, 0.4) is 0 Å². The van der Waals surface area contributed by atoms with E-state index in [0.717, 1.165) is 44.2 Å². The lowest BCUT2D eigenvalue weighted by atomic mass is 10.1. The molecule has 0 saturated carbocycles. The minimum atomic E-state index is 0. The molecule has 0 aliphatic carbocycles. The zero-order valence-electron chi connectivity index (χ0n) is 27.9. The van der Waals surface area contributed by atoms with Gasteiger partial charge in [-0.25, -0.2) is 9.97 Å². The molecule has 0 aliphatic rings. The number of rotatable bonds is 4. The largest absolute Gasteiger partial charge is 0.309 e. The van der Waals surface area contributed by atoms with Crippen LogP contribution in [0, 0.1) is 0 Å². The topological polar surface area (TPSA) is 35.6 Å². The highest BCUT2D eigenvalue weighted by Gasteiger charge is 2.21. The average Bonchev–Trinajstić information content (AvgIpc) is 3.86. The van der Waals surface area contributed by atoms with Gasteiger partial charge in [-0.1, -0.05) is 109 Å². The van der Waals surface area contributed by atoms with Crippen molar-refractivity contribution in [2.24, 2.45) is 0 Å². The molecule has 0 unspecified atom stereocenters. The average molecular weight is 680 g/mol. The Bertz CT molecular complexity index is 3120. The molecule has 0 N–H and O–H groups in total. The molecule has 0 atom stereocenters. The highest BCUT2D eigenvalue weighted by molar-refractivity contribution is 7.26. The van der Waals surface area contributed by atoms with Crippen LogP contribution in [0.25, 0.3) is 97.9 Å². The third-order valence-electron chi connectivity index (χ3n) is 10.1. The summed E-state index contributed by atoms with van der Waals surface area (Å²) < 4.78 is 7.16. The number of hydrogen-bond donors (Lipinski definition) is 0. The predicted octanol–water partition coefficient (Wildman–Crippen LogP) is 12.0. The smallest absolute Gasteiger partial charge is 0.160 e. The fourth-order valence-electron chi connectivity index (χ4n) is 7.90. The molecule has 6 heteroatoms. The number of thiophene rings is 1. The summed E-state index contributed by atoms with van der Waals surface area (Å²) in [7, 11) is 0. The van der Waals surface area contributed by atoms with Crippen LogP contribution in [-0.4, -0.2) is 27.5 Å². The Kier molecular flexibility index (Phi) is 6.88. The van der Waals surface area contributed by atoms with E-state index in [-0.39, 0.29) is 8.41 Å². The van der Waals surface area contributed by atoms with Crippen LogP contribution in [0.15, 0.2) is 170 Å². The lowest BCUT2D eigenvalue weighted by molar-refractivity contribution is 1.17. The van der Waals surface area contributed by atoms with Crippen molar-refractivity contribution in [3.8, 4) is 34.0 Å². The second-order valence-electron chi connectivity index (χ2n) is 13.0. The Balaban J connectivity index is 0.00000338. The maximum atomic E-state index is 5.23. The molecule has 0 fully saturated rings. The zero-order chi connectivity index (χ0) is 33.5. The normalized spacial score (nSPS) is 11.7. The van der Waals surface area contributed by atoms with E-state index < -0.39 is 0 Å². The molecular weight excluding hydrogens is 651 g/mol. The molecular formula is C46H28BN4S. The number of aromatic nitrogens is 4. The monoisotopic (exact) mass is 679 g/mol. The standard InChI is InChI=1S/C46H28N4S.B/c1-3-13-29(14-4-1)42-45-43(36-19-9-12-22-40(36)51-45)48-46(47-42)30-23-25-32(26-24-30)50-37-20-10-7-17-33(37)34-27-28-39-41(44(34)50)35-18-8-11-21-38(35)49(39)31-15-5-2-6-16-31;/h1-28H;. The third kappa shape index (κ3) is 4.41. The first kappa shape index (κ1) is 30.3. The third-order valence-corrected chi connectivity index (χ3v) is 11.3. The lowest BCUT2D eigenvalue weighted by Gasteiger charge is -2.11. The van der Waals surface area contributed by atoms with Crippen molar-refractivity contribution in [3.05, 3.63) is 170 Å². The number of nitrogens with zero attached hydrogens (tertiary/aromatic N) is 4. The van der Waals surface area contributed by atoms with E-state index in [4.69, 9.17) is 9.97 Å². The Morgan fingerprint density at radius 1 is 0.423 bits per heavy atom. The van der Waals surface area contributed by atoms with E-state index in [1.165, 1.54) is 53.7 Å². The molecule has 241 valence electrons. The van der Waals surface area contributed by atoms with Gasteiger partial charge in [0.1, 0.15) is 0 Å². The summed E-state index contributed by atoms with van der Waals surface area (Å²) in [5.74, 6) is 0.729. The minimum Gasteiger partial charge on any atom is -0.309 e. The minimum absolute atomic E-state index is 0. The van der Waals surface area contributed by atoms with Crippen molar-refractivity contribution in [3.63, 3.8) is 0 Å². The van der Waals surface area contributed by atoms with Crippen molar-refractivity contribution < 1.29 is 0 Å². The first-order valence-corrected chi connectivity index (χ1v) is 18.0. The van der Waals surface area contributed by atoms with Crippen molar-refractivity contribution in [1.82, 2.24) is 19.1 Å². The Labute approximate surface area is 305 Å². The van der Waals surface area contributed by atoms with Gasteiger partial charge in [0.25, 0.3) is 0 Å². The van der Waals surface area contributed by atoms with Crippen molar-refractivity contribution in [2.45, 2.75) is 0 Å². The Hall–Kier alpha value is -6.50. The summed E-state index contributed by atoms with van der Waals surface area (Å²) >= 11 is 1.76. The van der Waals surface area contributed by atoms with E-state index in [9.17, 15) is 0 Å². The summed E-state index contributed by atoms with van der Waals surface area (Å²) in [5.41, 5.74) is 11.1. The summed E-state index contributed by atoms with van der Waals surface area (Å²) in [6, 6.07) is 60.5. The van der Waals surface area contributed by atoms with Crippen LogP contribution < -0.4 is 0 Å². The number of hydrogen-bond acceptors (Lipinski definition) is 3. The van der Waals surface area contributed by atoms with Gasteiger partial charge in [-0.05, 0) is 60.7 Å². The quantitative estimate of drug-likeness (QED) is 0.174. The fraction of sp³-hybridized carbons (Fsp3) is 0. The molecule has 52 heavy (non-hydrogen) atoms. The number of para-hydroxylation sites is 3. The number of fused-ring (bicyclic) bond motifs is 10. The van der Waals surface area contributed by atoms with Crippen LogP contribution in [0.2, 0.25) is 0 Å². The Morgan fingerprint density at radius 2 is 1.04 bits per heavy atom. The highest BCUT2D eigenvalue weighted by Crippen LogP contribution is 2.43. The maximum Gasteiger partial charge on any atom is 0.160 e. The molecule has 3 radical (unpaired) electrons. The van der Waals surface area contributed by atoms with E-state index in [2.05, 4.69) is 173 Å². The molecule has 0 saturated heterocycles. The SMILES string of the molecule is [B].c1ccc(-c2nc(-c3ccc(-n4c5ccccc5c5ccc6c(c7ccccc7n6-c6ccccc6)c54)cc3)nc3c2sc2ccccc23)cc1. The molecule has 11 aromatic rings. The van der Waals surface area contributed by atoms with Crippen LogP contribution in [0.1, 0.15) is 0 Å². The van der Waals surface area contributed by atoms with Gasteiger partial charge in [-0.15, -0.1) is 11.3 Å². The first-order valence-electron chi connectivity index (χ1n) is 17.2. The van der Waals surface area contributed by atoms with Crippen LogP contribution in [0.5, 0.6) is 0 Å². The van der Waals surface area contributed by atoms with Crippen LogP contribution in [0.4, 0.5) is 0 Å². The fourth-order valence-corrected chi connectivity index (χ4v) is 9.06. The van der Waals surface area contributed by atoms with Crippen molar-refractivity contribution in [2.75, 3.05) is 0 Å². The van der Waals surface area contributed by atoms with Gasteiger partial charge in [0.15, 0.2) is 5.82 Å². The summed E-state index contributed by atoms with van der Waals surface area (Å²) in [6.07, 6.45) is 0. The molecule has 4 nitrogen and oxygen atoms in total. The van der Waals surface area contributed by atoms with Gasteiger partial charge in [-0.3, -0.25) is 0 Å². The summed E-state index contributed by atoms with van der Waals surface area (Å²) in [4.78, 5) is 10.4. The summed E-state index contributed by atoms with van der Waals surface area (Å²) in [6.45, 7) is 0. The zero-order valence-corrected chi connectivity index (χ0v) is 28.8. The van der Waals surface area contributed by atoms with Crippen LogP contribution in [-0.2, 0) is 0 Å². The van der Waals surface area contributed by atoms with Gasteiger partial charge >= 0.3 is 0 Å². The molecule has 0 amide bonds. The van der Waals surface area contributed by atoms with Gasteiger partial charge < -0.3 is 9.13 Å². The van der Waals surface area contributed by atoms with Crippen LogP contribution >= 0.6 is 11.3 Å². The van der Waals surface area contributed by atoms with Gasteiger partial charge in [0.05, 0.1) is 38.0 Å². The van der Waals surface area contributed by atoms with E-state index >= 15 is 0 Å². The highest BCUT2D eigenvalue weighted by atomic mass is 32.1. The predicted molar refractivity (Wildman–Crippen MR) is 220 cm³/mol. The van der Waals surface area contributed by atoms with Gasteiger partial charge in [0.2, 0.25) is 0 Å². The molecule has 11 rings (SSSR count). The van der Waals surface area contributed by atoms with Gasteiger partial charge in [0, 0.05) is 62.5 Å². The van der Waals surface area contributed by atoms with Gasteiger partial charge in [-0.2, -0.15) is 0 Å². The van der Waals surface area contributed by atoms with E-state index in [0.29, 0.717) is 0 Å². The number of benzene rings is 7. The molecule has 0 spiro atoms. The summed E-state index contributed by atoms with van der Waals surface area (Å²) in [5, 5.41) is 6.13. The Morgan fingerprint density at radius 3 is 1.81 bits per heavy atom.